The minimum atomic E-state index is -1.40. The SMILES string of the molecule is OCc1cc2c(c3ccccc13)CO[C@]21O[C@H](COCc2ccccc2)[C@H](OCc2ccccc2)[C@H](OCc2ccccc2)[C@H]1OCc1ccccc1. The van der Waals surface area contributed by atoms with E-state index in [2.05, 4.69) is 18.2 Å². The molecule has 5 atom stereocenters. The van der Waals surface area contributed by atoms with Crippen molar-refractivity contribution in [2.75, 3.05) is 6.61 Å². The van der Waals surface area contributed by atoms with Crippen LogP contribution < -0.4 is 0 Å². The van der Waals surface area contributed by atoms with Crippen LogP contribution in [-0.2, 0) is 73.8 Å². The fraction of sp³-hybridized carbons (Fsp3) is 0.261. The van der Waals surface area contributed by atoms with Crippen LogP contribution in [0.4, 0.5) is 0 Å². The first-order valence-electron chi connectivity index (χ1n) is 18.3. The highest BCUT2D eigenvalue weighted by Gasteiger charge is 2.61. The lowest BCUT2D eigenvalue weighted by molar-refractivity contribution is -0.387. The molecule has 0 amide bonds. The van der Waals surface area contributed by atoms with Crippen molar-refractivity contribution in [2.24, 2.45) is 0 Å². The van der Waals surface area contributed by atoms with E-state index in [4.69, 9.17) is 28.4 Å². The second-order valence-corrected chi connectivity index (χ2v) is 13.6. The van der Waals surface area contributed by atoms with Gasteiger partial charge in [0.1, 0.15) is 24.4 Å². The van der Waals surface area contributed by atoms with Gasteiger partial charge in [0.2, 0.25) is 5.79 Å². The van der Waals surface area contributed by atoms with Gasteiger partial charge in [0.15, 0.2) is 0 Å². The standard InChI is InChI=1S/C46H44O7/c47-26-37-25-41-40(39-24-14-13-23-38(37)39)31-52-46(41)45(51-30-36-21-11-4-12-22-36)44(50-29-35-19-9-3-10-20-35)43(49-28-34-17-7-2-8-18-34)42(53-46)32-48-27-33-15-5-1-6-16-33/h1-25,42-45,47H,26-32H2/t42-,43+,44+,45-,46+/m1/s1. The van der Waals surface area contributed by atoms with Crippen molar-refractivity contribution in [3.05, 3.63) is 191 Å². The van der Waals surface area contributed by atoms with Crippen LogP contribution in [0.15, 0.2) is 152 Å². The Bertz CT molecular complexity index is 2060. The molecule has 2 heterocycles. The molecule has 1 saturated heterocycles. The quantitative estimate of drug-likeness (QED) is 0.122. The predicted molar refractivity (Wildman–Crippen MR) is 202 cm³/mol. The molecule has 8 rings (SSSR count). The normalized spacial score (nSPS) is 22.3. The topological polar surface area (TPSA) is 75.6 Å². The third-order valence-corrected chi connectivity index (χ3v) is 10.1. The molecule has 2 aliphatic rings. The largest absolute Gasteiger partial charge is 0.392 e. The average molecular weight is 709 g/mol. The maximum absolute atomic E-state index is 10.7. The zero-order chi connectivity index (χ0) is 35.9. The van der Waals surface area contributed by atoms with Crippen molar-refractivity contribution in [1.82, 2.24) is 0 Å². The van der Waals surface area contributed by atoms with Crippen LogP contribution in [0.3, 0.4) is 0 Å². The van der Waals surface area contributed by atoms with E-state index < -0.39 is 30.2 Å². The van der Waals surface area contributed by atoms with Crippen LogP contribution in [0, 0.1) is 0 Å². The molecule has 270 valence electrons. The zero-order valence-corrected chi connectivity index (χ0v) is 29.6. The number of hydrogen-bond donors (Lipinski definition) is 1. The molecular weight excluding hydrogens is 664 g/mol. The first kappa shape index (κ1) is 35.3. The summed E-state index contributed by atoms with van der Waals surface area (Å²) in [6.45, 7) is 1.73. The van der Waals surface area contributed by atoms with Crippen LogP contribution >= 0.6 is 0 Å². The van der Waals surface area contributed by atoms with Gasteiger partial charge in [-0.15, -0.1) is 0 Å². The highest BCUT2D eigenvalue weighted by Crippen LogP contribution is 2.51. The maximum atomic E-state index is 10.7. The summed E-state index contributed by atoms with van der Waals surface area (Å²) in [5.41, 5.74) is 6.73. The number of ether oxygens (including phenoxy) is 6. The van der Waals surface area contributed by atoms with Gasteiger partial charge < -0.3 is 33.5 Å². The Kier molecular flexibility index (Phi) is 11.0. The molecule has 0 saturated carbocycles. The van der Waals surface area contributed by atoms with E-state index in [1.165, 1.54) is 0 Å². The summed E-state index contributed by atoms with van der Waals surface area (Å²) in [7, 11) is 0. The van der Waals surface area contributed by atoms with Gasteiger partial charge in [-0.1, -0.05) is 146 Å². The first-order valence-corrected chi connectivity index (χ1v) is 18.3. The van der Waals surface area contributed by atoms with E-state index in [-0.39, 0.29) is 13.2 Å². The number of aliphatic hydroxyl groups excluding tert-OH is 1. The van der Waals surface area contributed by atoms with Crippen LogP contribution in [0.2, 0.25) is 0 Å². The summed E-state index contributed by atoms with van der Waals surface area (Å²) in [5, 5.41) is 12.6. The number of hydrogen-bond acceptors (Lipinski definition) is 7. The highest BCUT2D eigenvalue weighted by molar-refractivity contribution is 5.90. The molecule has 1 N–H and O–H groups in total. The molecule has 0 aliphatic carbocycles. The van der Waals surface area contributed by atoms with E-state index in [0.29, 0.717) is 33.0 Å². The van der Waals surface area contributed by atoms with E-state index in [1.54, 1.807) is 0 Å². The number of aliphatic hydroxyl groups is 1. The monoisotopic (exact) mass is 708 g/mol. The Labute approximate surface area is 310 Å². The van der Waals surface area contributed by atoms with E-state index >= 15 is 0 Å². The van der Waals surface area contributed by atoms with Gasteiger partial charge in [-0.3, -0.25) is 0 Å². The van der Waals surface area contributed by atoms with Crippen LogP contribution in [-0.4, -0.2) is 36.1 Å². The molecule has 0 bridgehead atoms. The molecule has 0 aromatic heterocycles. The lowest BCUT2D eigenvalue weighted by Gasteiger charge is -2.51. The van der Waals surface area contributed by atoms with Gasteiger partial charge in [0, 0.05) is 5.56 Å². The molecular formula is C46H44O7. The Morgan fingerprint density at radius 1 is 0.566 bits per heavy atom. The summed E-state index contributed by atoms with van der Waals surface area (Å²) < 4.78 is 41.5. The molecule has 6 aromatic carbocycles. The average Bonchev–Trinajstić information content (AvgIpc) is 3.58. The fourth-order valence-corrected chi connectivity index (χ4v) is 7.54. The van der Waals surface area contributed by atoms with Gasteiger partial charge in [-0.25, -0.2) is 0 Å². The number of rotatable bonds is 14. The van der Waals surface area contributed by atoms with Crippen molar-refractivity contribution >= 4 is 10.8 Å². The van der Waals surface area contributed by atoms with Crippen LogP contribution in [0.25, 0.3) is 10.8 Å². The van der Waals surface area contributed by atoms with Gasteiger partial charge in [0.25, 0.3) is 0 Å². The maximum Gasteiger partial charge on any atom is 0.226 e. The minimum Gasteiger partial charge on any atom is -0.392 e. The molecule has 2 aliphatic heterocycles. The fourth-order valence-electron chi connectivity index (χ4n) is 7.54. The van der Waals surface area contributed by atoms with Crippen molar-refractivity contribution in [3.63, 3.8) is 0 Å². The first-order chi connectivity index (χ1) is 26.2. The van der Waals surface area contributed by atoms with Gasteiger partial charge in [-0.2, -0.15) is 0 Å². The predicted octanol–water partition coefficient (Wildman–Crippen LogP) is 8.39. The molecule has 1 spiro atoms. The summed E-state index contributed by atoms with van der Waals surface area (Å²) in [6, 6.07) is 50.5. The third-order valence-electron chi connectivity index (χ3n) is 10.1. The molecule has 1 fully saturated rings. The zero-order valence-electron chi connectivity index (χ0n) is 29.6. The molecule has 7 nitrogen and oxygen atoms in total. The molecule has 0 unspecified atom stereocenters. The number of benzene rings is 6. The summed E-state index contributed by atoms with van der Waals surface area (Å²) >= 11 is 0. The van der Waals surface area contributed by atoms with E-state index in [0.717, 1.165) is 49.7 Å². The second-order valence-electron chi connectivity index (χ2n) is 13.6. The van der Waals surface area contributed by atoms with Crippen molar-refractivity contribution in [3.8, 4) is 0 Å². The lowest BCUT2D eigenvalue weighted by Crippen LogP contribution is -2.65. The molecule has 53 heavy (non-hydrogen) atoms. The third kappa shape index (κ3) is 7.70. The summed E-state index contributed by atoms with van der Waals surface area (Å²) in [5.74, 6) is -1.40. The highest BCUT2D eigenvalue weighted by atomic mass is 16.7. The van der Waals surface area contributed by atoms with Crippen molar-refractivity contribution in [2.45, 2.75) is 69.8 Å². The Morgan fingerprint density at radius 2 is 1.06 bits per heavy atom. The van der Waals surface area contributed by atoms with Gasteiger partial charge in [-0.05, 0) is 50.2 Å². The Morgan fingerprint density at radius 3 is 1.62 bits per heavy atom. The Balaban J connectivity index is 1.24. The molecule has 7 heteroatoms. The lowest BCUT2D eigenvalue weighted by atomic mass is 9.84. The Hall–Kier alpha value is -4.70. The van der Waals surface area contributed by atoms with Crippen molar-refractivity contribution in [1.29, 1.82) is 0 Å². The summed E-state index contributed by atoms with van der Waals surface area (Å²) in [4.78, 5) is 0. The minimum absolute atomic E-state index is 0.139. The molecule has 0 radical (unpaired) electrons. The van der Waals surface area contributed by atoms with Crippen molar-refractivity contribution < 1.29 is 33.5 Å². The van der Waals surface area contributed by atoms with Crippen LogP contribution in [0.5, 0.6) is 0 Å². The van der Waals surface area contributed by atoms with Crippen LogP contribution in [0.1, 0.15) is 38.9 Å². The van der Waals surface area contributed by atoms with Gasteiger partial charge in [0.05, 0.1) is 46.2 Å². The van der Waals surface area contributed by atoms with E-state index in [1.807, 2.05) is 133 Å². The summed E-state index contributed by atoms with van der Waals surface area (Å²) in [6.07, 6.45) is -2.65. The van der Waals surface area contributed by atoms with E-state index in [9.17, 15) is 5.11 Å². The smallest absolute Gasteiger partial charge is 0.226 e. The second kappa shape index (κ2) is 16.5. The molecule has 6 aromatic rings. The number of fused-ring (bicyclic) bond motifs is 4. The van der Waals surface area contributed by atoms with Gasteiger partial charge >= 0.3 is 0 Å².